The molecule has 0 N–H and O–H groups in total. The first-order chi connectivity index (χ1) is 16.1. The summed E-state index contributed by atoms with van der Waals surface area (Å²) in [6.45, 7) is 5.14. The van der Waals surface area contributed by atoms with Crippen LogP contribution in [0.25, 0.3) is 0 Å². The van der Waals surface area contributed by atoms with E-state index in [-0.39, 0.29) is 23.4 Å². The molecular formula is C30H46O3. The van der Waals surface area contributed by atoms with Crippen molar-refractivity contribution in [2.24, 2.45) is 17.8 Å². The first-order valence-corrected chi connectivity index (χ1v) is 13.9. The molecule has 0 heterocycles. The van der Waals surface area contributed by atoms with E-state index >= 15 is 0 Å². The second-order valence-electron chi connectivity index (χ2n) is 10.7. The molecule has 0 aromatic heterocycles. The maximum absolute atomic E-state index is 13.7. The zero-order chi connectivity index (χ0) is 23.5. The van der Waals surface area contributed by atoms with E-state index in [1.165, 1.54) is 57.8 Å². The molecule has 0 aliphatic heterocycles. The molecule has 0 spiro atoms. The Hall–Kier alpha value is -1.64. The first kappa shape index (κ1) is 26.0. The molecule has 3 rings (SSSR count). The van der Waals surface area contributed by atoms with Gasteiger partial charge in [-0.05, 0) is 61.6 Å². The predicted molar refractivity (Wildman–Crippen MR) is 136 cm³/mol. The third kappa shape index (κ3) is 7.97. The zero-order valence-corrected chi connectivity index (χ0v) is 21.2. The minimum absolute atomic E-state index is 0.134. The number of unbranched alkanes of at least 4 members (excludes halogenated alkanes) is 6. The fourth-order valence-corrected chi connectivity index (χ4v) is 5.87. The van der Waals surface area contributed by atoms with Gasteiger partial charge in [0, 0.05) is 12.3 Å². The lowest BCUT2D eigenvalue weighted by Crippen LogP contribution is -2.36. The summed E-state index contributed by atoms with van der Waals surface area (Å²) >= 11 is 0. The van der Waals surface area contributed by atoms with Gasteiger partial charge in [0.05, 0.1) is 12.5 Å². The normalized spacial score (nSPS) is 22.8. The van der Waals surface area contributed by atoms with Crippen molar-refractivity contribution in [3.63, 3.8) is 0 Å². The zero-order valence-electron chi connectivity index (χ0n) is 21.2. The van der Waals surface area contributed by atoms with Gasteiger partial charge in [0.15, 0.2) is 5.78 Å². The molecule has 2 aliphatic rings. The molecule has 33 heavy (non-hydrogen) atoms. The number of carbonyl (C=O) groups is 2. The van der Waals surface area contributed by atoms with E-state index in [1.807, 2.05) is 12.1 Å². The number of rotatable bonds is 13. The monoisotopic (exact) mass is 454 g/mol. The summed E-state index contributed by atoms with van der Waals surface area (Å²) < 4.78 is 5.98. The third-order valence-electron chi connectivity index (χ3n) is 7.91. The van der Waals surface area contributed by atoms with Gasteiger partial charge in [0.1, 0.15) is 11.5 Å². The van der Waals surface area contributed by atoms with E-state index < -0.39 is 0 Å². The smallest absolute Gasteiger partial charge is 0.151 e. The Morgan fingerprint density at radius 2 is 1.58 bits per heavy atom. The van der Waals surface area contributed by atoms with Crippen LogP contribution in [-0.2, 0) is 9.59 Å². The Morgan fingerprint density at radius 3 is 2.24 bits per heavy atom. The Balaban J connectivity index is 1.58. The van der Waals surface area contributed by atoms with Gasteiger partial charge in [-0.15, -0.1) is 0 Å². The van der Waals surface area contributed by atoms with Gasteiger partial charge < -0.3 is 4.74 Å². The van der Waals surface area contributed by atoms with Crippen LogP contribution in [0.5, 0.6) is 5.75 Å². The molecule has 1 aromatic rings. The van der Waals surface area contributed by atoms with Gasteiger partial charge >= 0.3 is 0 Å². The van der Waals surface area contributed by atoms with E-state index in [1.54, 1.807) is 0 Å². The van der Waals surface area contributed by atoms with Crippen molar-refractivity contribution in [1.29, 1.82) is 0 Å². The highest BCUT2D eigenvalue weighted by Gasteiger charge is 2.39. The number of ketones is 2. The van der Waals surface area contributed by atoms with Crippen molar-refractivity contribution in [2.75, 3.05) is 6.61 Å². The molecule has 3 atom stereocenters. The molecule has 3 heteroatoms. The summed E-state index contributed by atoms with van der Waals surface area (Å²) in [4.78, 5) is 26.4. The van der Waals surface area contributed by atoms with Crippen LogP contribution in [0.1, 0.15) is 122 Å². The molecule has 1 aromatic carbocycles. The number of hydrogen-bond acceptors (Lipinski definition) is 3. The van der Waals surface area contributed by atoms with Gasteiger partial charge in [-0.2, -0.15) is 0 Å². The van der Waals surface area contributed by atoms with Gasteiger partial charge in [-0.1, -0.05) is 83.8 Å². The second kappa shape index (κ2) is 13.9. The van der Waals surface area contributed by atoms with Gasteiger partial charge in [-0.25, -0.2) is 0 Å². The minimum atomic E-state index is -0.388. The Kier molecular flexibility index (Phi) is 11.0. The first-order valence-electron chi connectivity index (χ1n) is 13.9. The van der Waals surface area contributed by atoms with Crippen molar-refractivity contribution in [3.8, 4) is 5.75 Å². The Labute approximate surface area is 202 Å². The van der Waals surface area contributed by atoms with E-state index in [2.05, 4.69) is 26.0 Å². The van der Waals surface area contributed by atoms with Crippen LogP contribution in [0.2, 0.25) is 0 Å². The van der Waals surface area contributed by atoms with Crippen molar-refractivity contribution in [2.45, 2.75) is 116 Å². The summed E-state index contributed by atoms with van der Waals surface area (Å²) in [5, 5.41) is 0. The van der Waals surface area contributed by atoms with Crippen LogP contribution in [0.15, 0.2) is 24.3 Å². The molecule has 0 radical (unpaired) electrons. The van der Waals surface area contributed by atoms with Crippen LogP contribution in [0, 0.1) is 17.8 Å². The van der Waals surface area contributed by atoms with Crippen molar-refractivity contribution < 1.29 is 14.3 Å². The predicted octanol–water partition coefficient (Wildman–Crippen LogP) is 8.05. The molecule has 0 saturated heterocycles. The molecule has 2 saturated carbocycles. The summed E-state index contributed by atoms with van der Waals surface area (Å²) in [5.41, 5.74) is 1.08. The highest BCUT2D eigenvalue weighted by molar-refractivity contribution is 6.05. The van der Waals surface area contributed by atoms with Crippen LogP contribution in [-0.4, -0.2) is 18.2 Å². The lowest BCUT2D eigenvalue weighted by molar-refractivity contribution is -0.137. The van der Waals surface area contributed by atoms with Gasteiger partial charge in [-0.3, -0.25) is 9.59 Å². The molecule has 2 fully saturated rings. The third-order valence-corrected chi connectivity index (χ3v) is 7.91. The lowest BCUT2D eigenvalue weighted by Gasteiger charge is -2.33. The average molecular weight is 455 g/mol. The van der Waals surface area contributed by atoms with Crippen LogP contribution >= 0.6 is 0 Å². The highest BCUT2D eigenvalue weighted by atomic mass is 16.5. The topological polar surface area (TPSA) is 43.4 Å². The maximum Gasteiger partial charge on any atom is 0.151 e. The van der Waals surface area contributed by atoms with Crippen LogP contribution in [0.3, 0.4) is 0 Å². The largest absolute Gasteiger partial charge is 0.494 e. The average Bonchev–Trinajstić information content (AvgIpc) is 2.82. The fourth-order valence-electron chi connectivity index (χ4n) is 5.87. The summed E-state index contributed by atoms with van der Waals surface area (Å²) in [6.07, 6.45) is 17.1. The van der Waals surface area contributed by atoms with Gasteiger partial charge in [0.2, 0.25) is 0 Å². The molecule has 2 aliphatic carbocycles. The number of hydrogen-bond donors (Lipinski definition) is 0. The van der Waals surface area contributed by atoms with Gasteiger partial charge in [0.25, 0.3) is 0 Å². The lowest BCUT2D eigenvalue weighted by atomic mass is 9.69. The number of Topliss-reactive ketones (excluding diaryl/α,β-unsaturated/α-hetero) is 2. The van der Waals surface area contributed by atoms with Crippen molar-refractivity contribution in [1.82, 2.24) is 0 Å². The summed E-state index contributed by atoms with van der Waals surface area (Å²) in [6, 6.07) is 8.25. The Morgan fingerprint density at radius 1 is 0.909 bits per heavy atom. The van der Waals surface area contributed by atoms with Crippen molar-refractivity contribution >= 4 is 11.6 Å². The maximum atomic E-state index is 13.7. The molecule has 3 nitrogen and oxygen atoms in total. The molecule has 3 unspecified atom stereocenters. The second-order valence-corrected chi connectivity index (χ2v) is 10.7. The van der Waals surface area contributed by atoms with E-state index in [4.69, 9.17) is 4.74 Å². The van der Waals surface area contributed by atoms with E-state index in [9.17, 15) is 9.59 Å². The van der Waals surface area contributed by atoms with E-state index in [0.29, 0.717) is 18.3 Å². The highest BCUT2D eigenvalue weighted by Crippen LogP contribution is 2.40. The minimum Gasteiger partial charge on any atom is -0.494 e. The summed E-state index contributed by atoms with van der Waals surface area (Å²) in [7, 11) is 0. The number of benzene rings is 1. The SMILES string of the molecule is CCCCCCCCCOc1ccc(C(C(=O)C2CCC(C)CC2=O)C2CCCCC2)cc1. The standard InChI is InChI=1S/C30H46O3/c1-3-4-5-6-7-8-12-21-33-26-18-16-25(17-19-26)29(24-13-10-9-11-14-24)30(32)27-20-15-23(2)22-28(27)31/h16-19,23-24,27,29H,3-15,20-22H2,1-2H3. The molecule has 0 bridgehead atoms. The Bertz CT molecular complexity index is 717. The molecule has 184 valence electrons. The fraction of sp³-hybridized carbons (Fsp3) is 0.733. The van der Waals surface area contributed by atoms with E-state index in [0.717, 1.165) is 50.0 Å². The number of carbonyl (C=O) groups excluding carboxylic acids is 2. The van der Waals surface area contributed by atoms with Crippen LogP contribution < -0.4 is 4.74 Å². The van der Waals surface area contributed by atoms with Crippen LogP contribution in [0.4, 0.5) is 0 Å². The van der Waals surface area contributed by atoms with Crippen molar-refractivity contribution in [3.05, 3.63) is 29.8 Å². The quantitative estimate of drug-likeness (QED) is 0.224. The number of ether oxygens (including phenoxy) is 1. The molecule has 0 amide bonds. The summed E-state index contributed by atoms with van der Waals surface area (Å²) in [5.74, 6) is 1.53. The molecular weight excluding hydrogens is 408 g/mol.